The first-order valence-corrected chi connectivity index (χ1v) is 16.9. The summed E-state index contributed by atoms with van der Waals surface area (Å²) < 4.78 is 86.1. The molecule has 44 heavy (non-hydrogen) atoms. The summed E-state index contributed by atoms with van der Waals surface area (Å²) in [5, 5.41) is 4.07. The van der Waals surface area contributed by atoms with Gasteiger partial charge in [0.15, 0.2) is 10.1 Å². The lowest BCUT2D eigenvalue weighted by Gasteiger charge is -2.14. The van der Waals surface area contributed by atoms with E-state index in [9.17, 15) is 22.0 Å². The van der Waals surface area contributed by atoms with Gasteiger partial charge in [-0.15, -0.1) is 0 Å². The molecule has 1 aliphatic carbocycles. The Kier molecular flexibility index (Phi) is 11.2. The molecule has 1 aliphatic rings. The van der Waals surface area contributed by atoms with Crippen LogP contribution in [-0.2, 0) is 10.1 Å². The van der Waals surface area contributed by atoms with Gasteiger partial charge in [-0.05, 0) is 90.0 Å². The zero-order valence-corrected chi connectivity index (χ0v) is 26.0. The summed E-state index contributed by atoms with van der Waals surface area (Å²) in [5.74, 6) is -0.531. The smallest absolute Gasteiger partial charge is 0.485 e. The molecule has 0 bridgehead atoms. The molecule has 5 rings (SSSR count). The van der Waals surface area contributed by atoms with Crippen molar-refractivity contribution in [3.8, 4) is 0 Å². The van der Waals surface area contributed by atoms with Crippen molar-refractivity contribution in [3.05, 3.63) is 148 Å². The van der Waals surface area contributed by atoms with Crippen molar-refractivity contribution in [3.63, 3.8) is 0 Å². The van der Waals surface area contributed by atoms with Crippen LogP contribution in [0.5, 0.6) is 0 Å². The lowest BCUT2D eigenvalue weighted by Crippen LogP contribution is -2.21. The van der Waals surface area contributed by atoms with E-state index in [-0.39, 0.29) is 11.6 Å². The number of hydrogen-bond donors (Lipinski definition) is 0. The summed E-state index contributed by atoms with van der Waals surface area (Å²) in [6, 6.07) is 31.9. The number of alkyl halides is 3. The normalized spacial score (nSPS) is 14.5. The van der Waals surface area contributed by atoms with Crippen molar-refractivity contribution in [2.24, 2.45) is 0 Å². The fourth-order valence-corrected chi connectivity index (χ4v) is 7.78. The van der Waals surface area contributed by atoms with Gasteiger partial charge in [0.25, 0.3) is 0 Å². The predicted octanol–water partition coefficient (Wildman–Crippen LogP) is 8.09. The lowest BCUT2D eigenvalue weighted by atomic mass is 10.0. The van der Waals surface area contributed by atoms with Crippen LogP contribution >= 0.6 is 31.3 Å². The highest BCUT2D eigenvalue weighted by Gasteiger charge is 2.37. The minimum absolute atomic E-state index is 0.265. The van der Waals surface area contributed by atoms with Crippen LogP contribution in [0.1, 0.15) is 12.0 Å². The standard InChI is InChI=1S/C31H22ClF2PS.CHF3O3S/c32-30-21-23(20-22-4-2-1-3-5-22)6-19-31(30)36-29-17-15-28(16-18-29)35(26-11-7-24(33)8-12-26)27-13-9-25(34)10-14-27;2-1(3,4)8(5,6)7/h1-20H,21H2;(H,5,6,7). The quantitative estimate of drug-likeness (QED) is 0.0894. The van der Waals surface area contributed by atoms with Gasteiger partial charge < -0.3 is 4.55 Å². The van der Waals surface area contributed by atoms with Crippen LogP contribution in [-0.4, -0.2) is 18.5 Å². The zero-order valence-electron chi connectivity index (χ0n) is 22.6. The molecule has 228 valence electrons. The molecule has 12 heteroatoms. The Morgan fingerprint density at radius 2 is 1.20 bits per heavy atom. The molecule has 4 aromatic carbocycles. The van der Waals surface area contributed by atoms with Gasteiger partial charge in [0, 0.05) is 21.3 Å². The zero-order chi connectivity index (χ0) is 31.9. The van der Waals surface area contributed by atoms with E-state index < -0.39 is 23.5 Å². The number of halogens is 6. The molecule has 3 nitrogen and oxygen atoms in total. The number of thioether (sulfide) groups is 1. The Bertz CT molecular complexity index is 1730. The second-order valence-corrected chi connectivity index (χ2v) is 14.7. The topological polar surface area (TPSA) is 57.2 Å². The van der Waals surface area contributed by atoms with Crippen LogP contribution in [0.15, 0.2) is 136 Å². The van der Waals surface area contributed by atoms with E-state index in [4.69, 9.17) is 24.6 Å². The molecular formula is C32H23ClF5O3PS2. The summed E-state index contributed by atoms with van der Waals surface area (Å²) in [6.07, 6.45) is 7.06. The van der Waals surface area contributed by atoms with E-state index in [2.05, 4.69) is 54.6 Å². The van der Waals surface area contributed by atoms with Crippen LogP contribution in [0.4, 0.5) is 22.0 Å². The average Bonchev–Trinajstić information content (AvgIpc) is 2.97. The first kappa shape index (κ1) is 33.6. The molecule has 0 atom stereocenters. The number of hydrogen-bond acceptors (Lipinski definition) is 4. The first-order chi connectivity index (χ1) is 20.8. The molecule has 0 unspecified atom stereocenters. The van der Waals surface area contributed by atoms with Gasteiger partial charge in [-0.1, -0.05) is 65.8 Å². The summed E-state index contributed by atoms with van der Waals surface area (Å²) >= 11 is 8.31. The van der Waals surface area contributed by atoms with Gasteiger partial charge in [-0.2, -0.15) is 13.2 Å². The Balaban J connectivity index is 0.000000488. The third-order valence-corrected chi connectivity index (χ3v) is 11.0. The van der Waals surface area contributed by atoms with Gasteiger partial charge in [0.2, 0.25) is 0 Å². The number of benzene rings is 4. The fraction of sp³-hybridized carbons (Fsp3) is 0.0625. The van der Waals surface area contributed by atoms with Crippen molar-refractivity contribution in [1.29, 1.82) is 0 Å². The highest BCUT2D eigenvalue weighted by molar-refractivity contribution is 8.03. The van der Waals surface area contributed by atoms with Gasteiger partial charge in [0.1, 0.15) is 27.5 Å². The first-order valence-electron chi connectivity index (χ1n) is 12.8. The largest absolute Gasteiger partial charge is 0.741 e. The maximum Gasteiger partial charge on any atom is 0.485 e. The van der Waals surface area contributed by atoms with Crippen LogP contribution in [0, 0.1) is 11.6 Å². The van der Waals surface area contributed by atoms with E-state index in [1.54, 1.807) is 11.8 Å². The van der Waals surface area contributed by atoms with E-state index in [1.165, 1.54) is 29.8 Å². The molecule has 0 amide bonds. The second-order valence-electron chi connectivity index (χ2n) is 9.32. The van der Waals surface area contributed by atoms with Gasteiger partial charge in [0.05, 0.1) is 7.92 Å². The molecule has 0 N–H and O–H groups in total. The van der Waals surface area contributed by atoms with Crippen LogP contribution in [0.25, 0.3) is 6.08 Å². The SMILES string of the molecule is Fc1ccc([PH+](c2ccc(F)cc2)c2ccc(SC3=C(Cl)CC(=Cc4ccccc4)C=C3)cc2)cc1.O=S(=O)([O-])C(F)(F)F. The maximum absolute atomic E-state index is 13.6. The Hall–Kier alpha value is -3.27. The van der Waals surface area contributed by atoms with Crippen LogP contribution in [0.3, 0.4) is 0 Å². The lowest BCUT2D eigenvalue weighted by molar-refractivity contribution is -0.0517. The molecule has 0 aromatic heterocycles. The average molecular weight is 681 g/mol. The van der Waals surface area contributed by atoms with Gasteiger partial charge >= 0.3 is 5.51 Å². The minimum Gasteiger partial charge on any atom is -0.741 e. The van der Waals surface area contributed by atoms with E-state index in [0.717, 1.165) is 36.3 Å². The van der Waals surface area contributed by atoms with Crippen LogP contribution in [0.2, 0.25) is 0 Å². The molecule has 0 heterocycles. The molecular weight excluding hydrogens is 658 g/mol. The predicted molar refractivity (Wildman–Crippen MR) is 169 cm³/mol. The van der Waals surface area contributed by atoms with E-state index in [1.807, 2.05) is 42.5 Å². The molecule has 0 radical (unpaired) electrons. The summed E-state index contributed by atoms with van der Waals surface area (Å²) in [5.41, 5.74) is -3.31. The third kappa shape index (κ3) is 9.36. The number of rotatable bonds is 6. The minimum atomic E-state index is -6.09. The molecule has 0 saturated carbocycles. The Morgan fingerprint density at radius 3 is 1.64 bits per heavy atom. The highest BCUT2D eigenvalue weighted by atomic mass is 35.5. The summed E-state index contributed by atoms with van der Waals surface area (Å²) in [6.45, 7) is 0. The fourth-order valence-electron chi connectivity index (χ4n) is 4.10. The molecule has 4 aromatic rings. The Labute approximate surface area is 262 Å². The maximum atomic E-state index is 13.6. The molecule has 0 aliphatic heterocycles. The van der Waals surface area contributed by atoms with Crippen molar-refractivity contribution in [2.45, 2.75) is 16.8 Å². The van der Waals surface area contributed by atoms with Crippen molar-refractivity contribution in [2.75, 3.05) is 0 Å². The van der Waals surface area contributed by atoms with E-state index >= 15 is 0 Å². The summed E-state index contributed by atoms with van der Waals surface area (Å²) in [7, 11) is -7.50. The van der Waals surface area contributed by atoms with Gasteiger partial charge in [-0.25, -0.2) is 17.2 Å². The van der Waals surface area contributed by atoms with Crippen LogP contribution < -0.4 is 15.9 Å². The third-order valence-electron chi connectivity index (χ3n) is 6.15. The Morgan fingerprint density at radius 1 is 0.750 bits per heavy atom. The van der Waals surface area contributed by atoms with E-state index in [0.29, 0.717) is 6.42 Å². The second kappa shape index (κ2) is 14.7. The van der Waals surface area contributed by atoms with Crippen molar-refractivity contribution in [1.82, 2.24) is 0 Å². The molecule has 0 fully saturated rings. The highest BCUT2D eigenvalue weighted by Crippen LogP contribution is 2.39. The van der Waals surface area contributed by atoms with Gasteiger partial charge in [-0.3, -0.25) is 0 Å². The van der Waals surface area contributed by atoms with Crippen molar-refractivity contribution < 1.29 is 34.9 Å². The molecule has 0 spiro atoms. The summed E-state index contributed by atoms with van der Waals surface area (Å²) in [4.78, 5) is 2.13. The monoisotopic (exact) mass is 680 g/mol. The number of allylic oxidation sites excluding steroid dienone is 4. The molecule has 0 saturated heterocycles. The van der Waals surface area contributed by atoms with Crippen molar-refractivity contribution >= 4 is 63.4 Å².